The summed E-state index contributed by atoms with van der Waals surface area (Å²) in [6.07, 6.45) is 0. The zero-order valence-corrected chi connectivity index (χ0v) is 11.9. The van der Waals surface area contributed by atoms with Crippen LogP contribution in [0.1, 0.15) is 17.7 Å². The van der Waals surface area contributed by atoms with E-state index in [-0.39, 0.29) is 11.0 Å². The average Bonchev–Trinajstić information content (AvgIpc) is 2.92. The lowest BCUT2D eigenvalue weighted by molar-refractivity contribution is -0.111. The van der Waals surface area contributed by atoms with E-state index in [0.29, 0.717) is 0 Å². The van der Waals surface area contributed by atoms with Gasteiger partial charge in [0.25, 0.3) is 0 Å². The summed E-state index contributed by atoms with van der Waals surface area (Å²) in [4.78, 5) is 14.2. The molecule has 1 unspecified atom stereocenters. The predicted molar refractivity (Wildman–Crippen MR) is 76.6 cm³/mol. The van der Waals surface area contributed by atoms with E-state index in [2.05, 4.69) is 0 Å². The molecule has 0 fully saturated rings. The molecule has 2 aromatic rings. The molecule has 0 N–H and O–H groups in total. The largest absolute Gasteiger partial charge is 0.497 e. The summed E-state index contributed by atoms with van der Waals surface area (Å²) in [5, 5.41) is 2.17. The molecule has 0 aliphatic rings. The van der Waals surface area contributed by atoms with Gasteiger partial charge in [0.2, 0.25) is 5.12 Å². The smallest absolute Gasteiger partial charge is 0.201 e. The Morgan fingerprint density at radius 1 is 1.28 bits per heavy atom. The van der Waals surface area contributed by atoms with Gasteiger partial charge in [-0.1, -0.05) is 17.8 Å². The molecular formula is C14H14O2S2. The molecule has 1 atom stereocenters. The number of thioether (sulfide) groups is 1. The van der Waals surface area contributed by atoms with Crippen LogP contribution in [0.5, 0.6) is 5.75 Å². The van der Waals surface area contributed by atoms with Gasteiger partial charge in [-0.2, -0.15) is 0 Å². The van der Waals surface area contributed by atoms with Crippen molar-refractivity contribution in [1.82, 2.24) is 0 Å². The summed E-state index contributed by atoms with van der Waals surface area (Å²) in [6, 6.07) is 11.5. The Kier molecular flexibility index (Phi) is 4.44. The van der Waals surface area contributed by atoms with Crippen LogP contribution in [0.15, 0.2) is 46.7 Å². The second-order valence-corrected chi connectivity index (χ2v) is 5.89. The number of rotatable bonds is 4. The molecule has 2 rings (SSSR count). The Morgan fingerprint density at radius 3 is 2.56 bits per heavy atom. The Balaban J connectivity index is 2.02. The Morgan fingerprint density at radius 2 is 2.00 bits per heavy atom. The molecule has 1 aromatic carbocycles. The van der Waals surface area contributed by atoms with Crippen molar-refractivity contribution in [2.45, 2.75) is 17.7 Å². The van der Waals surface area contributed by atoms with Crippen molar-refractivity contribution in [1.29, 1.82) is 0 Å². The van der Waals surface area contributed by atoms with Gasteiger partial charge in [-0.3, -0.25) is 4.79 Å². The third kappa shape index (κ3) is 3.15. The number of hydrogen-bond donors (Lipinski definition) is 0. The molecule has 18 heavy (non-hydrogen) atoms. The van der Waals surface area contributed by atoms with Gasteiger partial charge in [-0.15, -0.1) is 11.3 Å². The first kappa shape index (κ1) is 13.2. The lowest BCUT2D eigenvalue weighted by Crippen LogP contribution is -2.02. The SMILES string of the molecule is COc1ccc(SC(=O)C(C)c2cccs2)cc1. The van der Waals surface area contributed by atoms with Gasteiger partial charge < -0.3 is 4.74 Å². The number of methoxy groups -OCH3 is 1. The van der Waals surface area contributed by atoms with Crippen molar-refractivity contribution in [3.63, 3.8) is 0 Å². The highest BCUT2D eigenvalue weighted by atomic mass is 32.2. The molecule has 0 bridgehead atoms. The summed E-state index contributed by atoms with van der Waals surface area (Å²) < 4.78 is 5.09. The molecule has 0 saturated carbocycles. The van der Waals surface area contributed by atoms with Crippen molar-refractivity contribution in [3.05, 3.63) is 46.7 Å². The second kappa shape index (κ2) is 6.07. The number of carbonyl (C=O) groups excluding carboxylic acids is 1. The zero-order valence-electron chi connectivity index (χ0n) is 10.3. The van der Waals surface area contributed by atoms with Crippen molar-refractivity contribution in [2.75, 3.05) is 7.11 Å². The van der Waals surface area contributed by atoms with Crippen LogP contribution in [-0.2, 0) is 4.79 Å². The summed E-state index contributed by atoms with van der Waals surface area (Å²) in [6.45, 7) is 1.95. The Labute approximate surface area is 115 Å². The van der Waals surface area contributed by atoms with E-state index in [0.717, 1.165) is 15.5 Å². The fraction of sp³-hybridized carbons (Fsp3) is 0.214. The molecule has 0 aliphatic carbocycles. The minimum atomic E-state index is -0.0582. The zero-order chi connectivity index (χ0) is 13.0. The average molecular weight is 278 g/mol. The van der Waals surface area contributed by atoms with Crippen LogP contribution in [0, 0.1) is 0 Å². The van der Waals surface area contributed by atoms with Crippen molar-refractivity contribution < 1.29 is 9.53 Å². The highest BCUT2D eigenvalue weighted by Crippen LogP contribution is 2.30. The van der Waals surface area contributed by atoms with E-state index in [1.165, 1.54) is 11.8 Å². The normalized spacial score (nSPS) is 12.1. The maximum absolute atomic E-state index is 12.1. The Hall–Kier alpha value is -1.26. The molecule has 0 radical (unpaired) electrons. The highest BCUT2D eigenvalue weighted by molar-refractivity contribution is 8.13. The van der Waals surface area contributed by atoms with Crippen molar-refractivity contribution >= 4 is 28.2 Å². The van der Waals surface area contributed by atoms with Crippen molar-refractivity contribution in [3.8, 4) is 5.75 Å². The molecule has 1 heterocycles. The van der Waals surface area contributed by atoms with E-state index in [1.54, 1.807) is 18.4 Å². The minimum Gasteiger partial charge on any atom is -0.497 e. The van der Waals surface area contributed by atoms with Gasteiger partial charge in [0.1, 0.15) is 5.75 Å². The van der Waals surface area contributed by atoms with Crippen LogP contribution in [0.25, 0.3) is 0 Å². The van der Waals surface area contributed by atoms with Crippen LogP contribution in [0.2, 0.25) is 0 Å². The van der Waals surface area contributed by atoms with E-state index in [9.17, 15) is 4.79 Å². The Bertz CT molecular complexity index is 503. The maximum Gasteiger partial charge on any atom is 0.201 e. The molecule has 1 aromatic heterocycles. The van der Waals surface area contributed by atoms with Gasteiger partial charge >= 0.3 is 0 Å². The van der Waals surface area contributed by atoms with Crippen molar-refractivity contribution in [2.24, 2.45) is 0 Å². The number of hydrogen-bond acceptors (Lipinski definition) is 4. The fourth-order valence-electron chi connectivity index (χ4n) is 1.50. The summed E-state index contributed by atoms with van der Waals surface area (Å²) >= 11 is 2.90. The van der Waals surface area contributed by atoms with Crippen LogP contribution >= 0.6 is 23.1 Å². The molecule has 0 amide bonds. The van der Waals surface area contributed by atoms with Gasteiger partial charge in [0.05, 0.1) is 13.0 Å². The first-order valence-corrected chi connectivity index (χ1v) is 7.29. The van der Waals surface area contributed by atoms with Gasteiger partial charge in [0.15, 0.2) is 0 Å². The third-order valence-corrected chi connectivity index (χ3v) is 4.72. The van der Waals surface area contributed by atoms with E-state index in [1.807, 2.05) is 48.7 Å². The van der Waals surface area contributed by atoms with Gasteiger partial charge in [0, 0.05) is 9.77 Å². The summed E-state index contributed by atoms with van der Waals surface area (Å²) in [5.74, 6) is 0.746. The molecule has 0 spiro atoms. The number of thiophene rings is 1. The van der Waals surface area contributed by atoms with Crippen LogP contribution in [-0.4, -0.2) is 12.2 Å². The van der Waals surface area contributed by atoms with Gasteiger partial charge in [-0.05, 0) is 42.6 Å². The first-order valence-electron chi connectivity index (χ1n) is 5.60. The van der Waals surface area contributed by atoms with E-state index in [4.69, 9.17) is 4.74 Å². The standard InChI is InChI=1S/C14H14O2S2/c1-10(13-4-3-9-17-13)14(15)18-12-7-5-11(16-2)6-8-12/h3-10H,1-2H3. The van der Waals surface area contributed by atoms with E-state index >= 15 is 0 Å². The lowest BCUT2D eigenvalue weighted by Gasteiger charge is -2.08. The molecule has 4 heteroatoms. The number of benzene rings is 1. The third-order valence-electron chi connectivity index (χ3n) is 2.60. The molecule has 0 saturated heterocycles. The predicted octanol–water partition coefficient (Wildman–Crippen LogP) is 4.18. The lowest BCUT2D eigenvalue weighted by atomic mass is 10.2. The van der Waals surface area contributed by atoms with Crippen LogP contribution in [0.3, 0.4) is 0 Å². The van der Waals surface area contributed by atoms with Gasteiger partial charge in [-0.25, -0.2) is 0 Å². The minimum absolute atomic E-state index is 0.0582. The fourth-order valence-corrected chi connectivity index (χ4v) is 3.17. The highest BCUT2D eigenvalue weighted by Gasteiger charge is 2.17. The monoisotopic (exact) mass is 278 g/mol. The molecule has 2 nitrogen and oxygen atoms in total. The topological polar surface area (TPSA) is 26.3 Å². The molecular weight excluding hydrogens is 264 g/mol. The molecule has 94 valence electrons. The second-order valence-electron chi connectivity index (χ2n) is 3.83. The van der Waals surface area contributed by atoms with E-state index < -0.39 is 0 Å². The number of ether oxygens (including phenoxy) is 1. The quantitative estimate of drug-likeness (QED) is 0.785. The maximum atomic E-state index is 12.1. The first-order chi connectivity index (χ1) is 8.70. The van der Waals surface area contributed by atoms with Crippen LogP contribution < -0.4 is 4.74 Å². The number of carbonyl (C=O) groups is 1. The summed E-state index contributed by atoms with van der Waals surface area (Å²) in [5.41, 5.74) is 0. The molecule has 0 aliphatic heterocycles. The van der Waals surface area contributed by atoms with Crippen LogP contribution in [0.4, 0.5) is 0 Å². The summed E-state index contributed by atoms with van der Waals surface area (Å²) in [7, 11) is 1.63.